The van der Waals surface area contributed by atoms with Crippen molar-refractivity contribution in [3.63, 3.8) is 0 Å². The molecule has 0 fully saturated rings. The molecule has 0 bridgehead atoms. The quantitative estimate of drug-likeness (QED) is 0.801. The molecule has 2 rings (SSSR count). The van der Waals surface area contributed by atoms with E-state index in [0.29, 0.717) is 11.8 Å². The number of nitrogens with zero attached hydrogens (tertiary/aromatic N) is 2. The SMILES string of the molecule is CC(C)c1cc(CC(C)c2cnn(C)c2)cs1. The van der Waals surface area contributed by atoms with Crippen molar-refractivity contribution in [1.29, 1.82) is 0 Å². The summed E-state index contributed by atoms with van der Waals surface area (Å²) < 4.78 is 1.87. The van der Waals surface area contributed by atoms with Crippen molar-refractivity contribution in [1.82, 2.24) is 9.78 Å². The van der Waals surface area contributed by atoms with E-state index in [1.165, 1.54) is 16.0 Å². The Hall–Kier alpha value is -1.09. The highest BCUT2D eigenvalue weighted by Crippen LogP contribution is 2.27. The van der Waals surface area contributed by atoms with Crippen molar-refractivity contribution in [2.45, 2.75) is 39.0 Å². The predicted molar refractivity (Wildman–Crippen MR) is 73.7 cm³/mol. The fraction of sp³-hybridized carbons (Fsp3) is 0.500. The zero-order valence-electron chi connectivity index (χ0n) is 11.0. The maximum atomic E-state index is 4.23. The molecule has 0 amide bonds. The van der Waals surface area contributed by atoms with E-state index in [2.05, 4.69) is 43.5 Å². The maximum Gasteiger partial charge on any atom is 0.0524 e. The standard InChI is InChI=1S/C14H20N2S/c1-10(2)14-6-12(9-17-14)5-11(3)13-7-15-16(4)8-13/h6-11H,5H2,1-4H3. The Balaban J connectivity index is 2.05. The number of hydrogen-bond acceptors (Lipinski definition) is 2. The van der Waals surface area contributed by atoms with E-state index in [9.17, 15) is 0 Å². The van der Waals surface area contributed by atoms with Crippen LogP contribution < -0.4 is 0 Å². The zero-order valence-corrected chi connectivity index (χ0v) is 11.8. The van der Waals surface area contributed by atoms with Gasteiger partial charge in [0.15, 0.2) is 0 Å². The normalized spacial score (nSPS) is 13.2. The smallest absolute Gasteiger partial charge is 0.0524 e. The summed E-state index contributed by atoms with van der Waals surface area (Å²) in [4.78, 5) is 1.48. The van der Waals surface area contributed by atoms with Crippen molar-refractivity contribution < 1.29 is 0 Å². The van der Waals surface area contributed by atoms with Crippen LogP contribution in [0.5, 0.6) is 0 Å². The molecule has 2 aromatic heterocycles. The molecule has 2 nitrogen and oxygen atoms in total. The van der Waals surface area contributed by atoms with Crippen molar-refractivity contribution >= 4 is 11.3 Å². The molecule has 0 aliphatic rings. The first-order valence-electron chi connectivity index (χ1n) is 6.12. The topological polar surface area (TPSA) is 17.8 Å². The van der Waals surface area contributed by atoms with Gasteiger partial charge in [0, 0.05) is 18.1 Å². The van der Waals surface area contributed by atoms with Gasteiger partial charge in [-0.2, -0.15) is 5.10 Å². The number of rotatable bonds is 4. The molecule has 0 N–H and O–H groups in total. The monoisotopic (exact) mass is 248 g/mol. The highest BCUT2D eigenvalue weighted by molar-refractivity contribution is 7.10. The van der Waals surface area contributed by atoms with E-state index < -0.39 is 0 Å². The third kappa shape index (κ3) is 2.97. The van der Waals surface area contributed by atoms with Crippen LogP contribution in [0, 0.1) is 0 Å². The molecule has 0 saturated heterocycles. The molecule has 0 aliphatic heterocycles. The van der Waals surface area contributed by atoms with E-state index in [1.54, 1.807) is 0 Å². The molecule has 0 spiro atoms. The van der Waals surface area contributed by atoms with Crippen LogP contribution in [0.2, 0.25) is 0 Å². The Morgan fingerprint density at radius 3 is 2.65 bits per heavy atom. The molecule has 0 radical (unpaired) electrons. The first-order chi connectivity index (χ1) is 8.06. The molecular formula is C14H20N2S. The lowest BCUT2D eigenvalue weighted by molar-refractivity contribution is 0.747. The first kappa shape index (κ1) is 12.4. The summed E-state index contributed by atoms with van der Waals surface area (Å²) >= 11 is 1.88. The van der Waals surface area contributed by atoms with Crippen molar-refractivity contribution in [2.75, 3.05) is 0 Å². The highest BCUT2D eigenvalue weighted by Gasteiger charge is 2.11. The summed E-state index contributed by atoms with van der Waals surface area (Å²) in [6.45, 7) is 6.77. The number of aromatic nitrogens is 2. The summed E-state index contributed by atoms with van der Waals surface area (Å²) in [5.74, 6) is 1.18. The number of hydrogen-bond donors (Lipinski definition) is 0. The van der Waals surface area contributed by atoms with Crippen LogP contribution in [0.3, 0.4) is 0 Å². The fourth-order valence-corrected chi connectivity index (χ4v) is 2.91. The summed E-state index contributed by atoms with van der Waals surface area (Å²) in [7, 11) is 1.97. The Morgan fingerprint density at radius 1 is 1.35 bits per heavy atom. The predicted octanol–water partition coefficient (Wildman–Crippen LogP) is 3.95. The van der Waals surface area contributed by atoms with Gasteiger partial charge in [0.05, 0.1) is 6.20 Å². The van der Waals surface area contributed by atoms with Gasteiger partial charge in [0.2, 0.25) is 0 Å². The summed E-state index contributed by atoms with van der Waals surface area (Å²) in [5, 5.41) is 6.53. The molecule has 17 heavy (non-hydrogen) atoms. The Bertz CT molecular complexity index is 482. The third-order valence-electron chi connectivity index (χ3n) is 3.08. The van der Waals surface area contributed by atoms with Gasteiger partial charge in [-0.25, -0.2) is 0 Å². The summed E-state index contributed by atoms with van der Waals surface area (Å²) in [6.07, 6.45) is 5.19. The van der Waals surface area contributed by atoms with Gasteiger partial charge >= 0.3 is 0 Å². The number of thiophene rings is 1. The van der Waals surface area contributed by atoms with E-state index in [0.717, 1.165) is 6.42 Å². The molecular weight excluding hydrogens is 228 g/mol. The molecule has 2 heterocycles. The fourth-order valence-electron chi connectivity index (χ4n) is 1.97. The van der Waals surface area contributed by atoms with Crippen molar-refractivity contribution in [2.24, 2.45) is 7.05 Å². The molecule has 3 heteroatoms. The van der Waals surface area contributed by atoms with Gasteiger partial charge < -0.3 is 0 Å². The molecule has 0 aliphatic carbocycles. The number of aryl methyl sites for hydroxylation is 1. The first-order valence-corrected chi connectivity index (χ1v) is 7.00. The Kier molecular flexibility index (Phi) is 3.67. The molecule has 0 saturated carbocycles. The van der Waals surface area contributed by atoms with Crippen LogP contribution >= 0.6 is 11.3 Å². The second-order valence-electron chi connectivity index (χ2n) is 5.06. The lowest BCUT2D eigenvalue weighted by atomic mass is 9.97. The Labute approximate surface area is 107 Å². The van der Waals surface area contributed by atoms with Gasteiger partial charge in [-0.05, 0) is 40.8 Å². The van der Waals surface area contributed by atoms with Crippen LogP contribution in [-0.4, -0.2) is 9.78 Å². The highest BCUT2D eigenvalue weighted by atomic mass is 32.1. The minimum atomic E-state index is 0.540. The average Bonchev–Trinajstić information content (AvgIpc) is 2.86. The lowest BCUT2D eigenvalue weighted by Crippen LogP contribution is -1.96. The third-order valence-corrected chi connectivity index (χ3v) is 4.36. The van der Waals surface area contributed by atoms with Crippen LogP contribution in [0.4, 0.5) is 0 Å². The minimum absolute atomic E-state index is 0.540. The van der Waals surface area contributed by atoms with Gasteiger partial charge in [0.1, 0.15) is 0 Å². The minimum Gasteiger partial charge on any atom is -0.276 e. The van der Waals surface area contributed by atoms with Gasteiger partial charge in [0.25, 0.3) is 0 Å². The zero-order chi connectivity index (χ0) is 12.4. The van der Waals surface area contributed by atoms with Crippen LogP contribution in [-0.2, 0) is 13.5 Å². The largest absolute Gasteiger partial charge is 0.276 e. The van der Waals surface area contributed by atoms with Crippen LogP contribution in [0.15, 0.2) is 23.8 Å². The van der Waals surface area contributed by atoms with E-state index in [1.807, 2.05) is 29.3 Å². The van der Waals surface area contributed by atoms with Crippen LogP contribution in [0.25, 0.3) is 0 Å². The summed E-state index contributed by atoms with van der Waals surface area (Å²) in [6, 6.07) is 2.35. The van der Waals surface area contributed by atoms with Crippen molar-refractivity contribution in [3.8, 4) is 0 Å². The van der Waals surface area contributed by atoms with E-state index in [-0.39, 0.29) is 0 Å². The van der Waals surface area contributed by atoms with Gasteiger partial charge in [-0.3, -0.25) is 4.68 Å². The van der Waals surface area contributed by atoms with E-state index >= 15 is 0 Å². The van der Waals surface area contributed by atoms with Gasteiger partial charge in [-0.15, -0.1) is 11.3 Å². The lowest BCUT2D eigenvalue weighted by Gasteiger charge is -2.07. The summed E-state index contributed by atoms with van der Waals surface area (Å²) in [5.41, 5.74) is 2.78. The van der Waals surface area contributed by atoms with E-state index in [4.69, 9.17) is 0 Å². The maximum absolute atomic E-state index is 4.23. The molecule has 2 aromatic rings. The molecule has 92 valence electrons. The molecule has 1 unspecified atom stereocenters. The second-order valence-corrected chi connectivity index (χ2v) is 6.01. The molecule has 1 atom stereocenters. The second kappa shape index (κ2) is 5.05. The van der Waals surface area contributed by atoms with Crippen molar-refractivity contribution in [3.05, 3.63) is 39.8 Å². The molecule has 0 aromatic carbocycles. The van der Waals surface area contributed by atoms with Gasteiger partial charge in [-0.1, -0.05) is 20.8 Å². The van der Waals surface area contributed by atoms with Crippen LogP contribution in [0.1, 0.15) is 48.6 Å². The average molecular weight is 248 g/mol. The Morgan fingerprint density at radius 2 is 2.12 bits per heavy atom.